The van der Waals surface area contributed by atoms with Gasteiger partial charge >= 0.3 is 5.97 Å². The summed E-state index contributed by atoms with van der Waals surface area (Å²) in [4.78, 5) is 38.5. The fraction of sp³-hybridized carbons (Fsp3) is 0.471. The molecule has 1 fully saturated rings. The maximum absolute atomic E-state index is 12.4. The van der Waals surface area contributed by atoms with E-state index in [0.717, 1.165) is 0 Å². The number of nitrogens with zero attached hydrogens (tertiary/aromatic N) is 2. The van der Waals surface area contributed by atoms with E-state index in [1.807, 2.05) is 18.2 Å². The monoisotopic (exact) mass is 318 g/mol. The number of carboxylic acid groups (broad SMARTS) is 1. The van der Waals surface area contributed by atoms with Gasteiger partial charge in [0.15, 0.2) is 0 Å². The lowest BCUT2D eigenvalue weighted by Gasteiger charge is -2.33. The highest BCUT2D eigenvalue weighted by Crippen LogP contribution is 2.21. The zero-order valence-corrected chi connectivity index (χ0v) is 13.3. The minimum atomic E-state index is -0.909. The number of carboxylic acids is 1. The van der Waals surface area contributed by atoms with E-state index < -0.39 is 5.97 Å². The summed E-state index contributed by atoms with van der Waals surface area (Å²) in [6.07, 6.45) is 1.19. The molecule has 0 spiro atoms. The maximum Gasteiger partial charge on any atom is 0.305 e. The number of carbonyl (C=O) groups excluding carboxylic acids is 2. The van der Waals surface area contributed by atoms with Crippen LogP contribution in [0.2, 0.25) is 0 Å². The first kappa shape index (κ1) is 17.0. The van der Waals surface area contributed by atoms with Gasteiger partial charge in [0, 0.05) is 38.2 Å². The molecule has 1 aromatic carbocycles. The Morgan fingerprint density at radius 1 is 1.17 bits per heavy atom. The van der Waals surface area contributed by atoms with E-state index in [0.29, 0.717) is 31.5 Å². The van der Waals surface area contributed by atoms with Crippen LogP contribution in [0.3, 0.4) is 0 Å². The van der Waals surface area contributed by atoms with Crippen LogP contribution >= 0.6 is 0 Å². The van der Waals surface area contributed by atoms with Gasteiger partial charge in [-0.1, -0.05) is 18.2 Å². The Morgan fingerprint density at radius 2 is 1.78 bits per heavy atom. The van der Waals surface area contributed by atoms with Crippen molar-refractivity contribution in [3.63, 3.8) is 0 Å². The number of aliphatic carboxylic acids is 1. The van der Waals surface area contributed by atoms with Crippen molar-refractivity contribution in [2.45, 2.75) is 19.3 Å². The van der Waals surface area contributed by atoms with E-state index in [1.165, 1.54) is 4.90 Å². The van der Waals surface area contributed by atoms with Crippen molar-refractivity contribution in [3.8, 4) is 0 Å². The zero-order valence-electron chi connectivity index (χ0n) is 13.3. The summed E-state index contributed by atoms with van der Waals surface area (Å²) in [5, 5.41) is 8.68. The van der Waals surface area contributed by atoms with Gasteiger partial charge in [-0.3, -0.25) is 14.4 Å². The number of benzene rings is 1. The first-order valence-electron chi connectivity index (χ1n) is 7.80. The Bertz CT molecular complexity index is 565. The van der Waals surface area contributed by atoms with E-state index >= 15 is 0 Å². The first-order chi connectivity index (χ1) is 11.0. The lowest BCUT2D eigenvalue weighted by atomic mass is 9.95. The van der Waals surface area contributed by atoms with Crippen molar-refractivity contribution in [2.24, 2.45) is 5.92 Å². The molecule has 6 heteroatoms. The number of amides is 2. The third-order valence-corrected chi connectivity index (χ3v) is 4.19. The minimum Gasteiger partial charge on any atom is -0.481 e. The molecule has 23 heavy (non-hydrogen) atoms. The molecule has 124 valence electrons. The van der Waals surface area contributed by atoms with Gasteiger partial charge in [0.2, 0.25) is 5.91 Å². The molecule has 1 aliphatic rings. The molecule has 0 saturated carbocycles. The molecule has 2 amide bonds. The molecule has 1 aromatic rings. The molecule has 6 nitrogen and oxygen atoms in total. The first-order valence-corrected chi connectivity index (χ1v) is 7.80. The fourth-order valence-corrected chi connectivity index (χ4v) is 2.78. The van der Waals surface area contributed by atoms with Crippen LogP contribution in [0, 0.1) is 5.92 Å². The Hall–Kier alpha value is -2.37. The lowest BCUT2D eigenvalue weighted by Crippen LogP contribution is -2.43. The summed E-state index contributed by atoms with van der Waals surface area (Å²) in [6, 6.07) is 9.12. The smallest absolute Gasteiger partial charge is 0.305 e. The van der Waals surface area contributed by atoms with Crippen LogP contribution in [-0.2, 0) is 9.59 Å². The van der Waals surface area contributed by atoms with E-state index in [-0.39, 0.29) is 30.7 Å². The van der Waals surface area contributed by atoms with Crippen molar-refractivity contribution < 1.29 is 19.5 Å². The Morgan fingerprint density at radius 3 is 2.35 bits per heavy atom. The van der Waals surface area contributed by atoms with Crippen LogP contribution in [0.5, 0.6) is 0 Å². The van der Waals surface area contributed by atoms with Crippen molar-refractivity contribution in [1.29, 1.82) is 0 Å². The second-order valence-corrected chi connectivity index (χ2v) is 5.84. The molecule has 0 aromatic heterocycles. The number of piperidine rings is 1. The number of hydrogen-bond donors (Lipinski definition) is 1. The van der Waals surface area contributed by atoms with Gasteiger partial charge in [0.05, 0.1) is 6.42 Å². The van der Waals surface area contributed by atoms with Crippen LogP contribution in [0.15, 0.2) is 30.3 Å². The summed E-state index contributed by atoms with van der Waals surface area (Å²) < 4.78 is 0. The molecule has 0 radical (unpaired) electrons. The van der Waals surface area contributed by atoms with Gasteiger partial charge < -0.3 is 14.9 Å². The topological polar surface area (TPSA) is 77.9 Å². The number of rotatable bonds is 5. The van der Waals surface area contributed by atoms with Crippen molar-refractivity contribution >= 4 is 17.8 Å². The molecular formula is C17H22N2O4. The Kier molecular flexibility index (Phi) is 5.73. The second-order valence-electron chi connectivity index (χ2n) is 5.84. The quantitative estimate of drug-likeness (QED) is 0.892. The van der Waals surface area contributed by atoms with Gasteiger partial charge in [-0.2, -0.15) is 0 Å². The number of likely N-dealkylation sites (tertiary alicyclic amines) is 1. The standard InChI is InChI=1S/C17H22N2O4/c1-18(10-9-15(20)21)16(22)14-7-11-19(12-8-14)17(23)13-5-3-2-4-6-13/h2-6,14H,7-12H2,1H3,(H,20,21). The van der Waals surface area contributed by atoms with Crippen LogP contribution in [0.1, 0.15) is 29.6 Å². The highest BCUT2D eigenvalue weighted by atomic mass is 16.4. The third kappa shape index (κ3) is 4.55. The zero-order chi connectivity index (χ0) is 16.8. The molecule has 0 atom stereocenters. The molecule has 2 rings (SSSR count). The Labute approximate surface area is 135 Å². The number of hydrogen-bond acceptors (Lipinski definition) is 3. The molecule has 0 unspecified atom stereocenters. The van der Waals surface area contributed by atoms with Gasteiger partial charge in [0.25, 0.3) is 5.91 Å². The highest BCUT2D eigenvalue weighted by molar-refractivity contribution is 5.94. The lowest BCUT2D eigenvalue weighted by molar-refractivity contribution is -0.139. The van der Waals surface area contributed by atoms with Gasteiger partial charge in [-0.25, -0.2) is 0 Å². The normalized spacial score (nSPS) is 15.3. The molecule has 1 heterocycles. The predicted molar refractivity (Wildman–Crippen MR) is 85.0 cm³/mol. The molecule has 1 saturated heterocycles. The summed E-state index contributed by atoms with van der Waals surface area (Å²) in [7, 11) is 1.63. The SMILES string of the molecule is CN(CCC(=O)O)C(=O)C1CCN(C(=O)c2ccccc2)CC1. The van der Waals surface area contributed by atoms with E-state index in [9.17, 15) is 14.4 Å². The second kappa shape index (κ2) is 7.76. The summed E-state index contributed by atoms with van der Waals surface area (Å²) in [5.41, 5.74) is 0.663. The van der Waals surface area contributed by atoms with Gasteiger partial charge in [-0.15, -0.1) is 0 Å². The van der Waals surface area contributed by atoms with Crippen molar-refractivity contribution in [1.82, 2.24) is 9.80 Å². The van der Waals surface area contributed by atoms with E-state index in [2.05, 4.69) is 0 Å². The third-order valence-electron chi connectivity index (χ3n) is 4.19. The van der Waals surface area contributed by atoms with Crippen LogP contribution < -0.4 is 0 Å². The van der Waals surface area contributed by atoms with E-state index in [1.54, 1.807) is 24.1 Å². The largest absolute Gasteiger partial charge is 0.481 e. The van der Waals surface area contributed by atoms with Crippen molar-refractivity contribution in [3.05, 3.63) is 35.9 Å². The summed E-state index contributed by atoms with van der Waals surface area (Å²) >= 11 is 0. The average Bonchev–Trinajstić information content (AvgIpc) is 2.59. The Balaban J connectivity index is 1.85. The van der Waals surface area contributed by atoms with E-state index in [4.69, 9.17) is 5.11 Å². The minimum absolute atomic E-state index is 0.00395. The van der Waals surface area contributed by atoms with Gasteiger partial charge in [-0.05, 0) is 25.0 Å². The van der Waals surface area contributed by atoms with Crippen LogP contribution in [-0.4, -0.2) is 59.4 Å². The molecule has 1 aliphatic heterocycles. The van der Waals surface area contributed by atoms with Crippen LogP contribution in [0.25, 0.3) is 0 Å². The van der Waals surface area contributed by atoms with Crippen molar-refractivity contribution in [2.75, 3.05) is 26.7 Å². The average molecular weight is 318 g/mol. The van der Waals surface area contributed by atoms with Gasteiger partial charge in [0.1, 0.15) is 0 Å². The molecule has 1 N–H and O–H groups in total. The maximum atomic E-state index is 12.4. The molecular weight excluding hydrogens is 296 g/mol. The predicted octanol–water partition coefficient (Wildman–Crippen LogP) is 1.47. The number of carbonyl (C=O) groups is 3. The molecule has 0 aliphatic carbocycles. The summed E-state index contributed by atoms with van der Waals surface area (Å²) in [5.74, 6) is -1.07. The highest BCUT2D eigenvalue weighted by Gasteiger charge is 2.29. The fourth-order valence-electron chi connectivity index (χ4n) is 2.78. The summed E-state index contributed by atoms with van der Waals surface area (Å²) in [6.45, 7) is 1.32. The molecule has 0 bridgehead atoms. The van der Waals surface area contributed by atoms with Crippen LogP contribution in [0.4, 0.5) is 0 Å².